The molecule has 1 atom stereocenters. The summed E-state index contributed by atoms with van der Waals surface area (Å²) in [5.74, 6) is 0.331. The van der Waals surface area contributed by atoms with Crippen LogP contribution >= 0.6 is 24.8 Å². The van der Waals surface area contributed by atoms with E-state index in [4.69, 9.17) is 0 Å². The molecular weight excluding hydrogens is 366 g/mol. The Morgan fingerprint density at radius 3 is 2.46 bits per heavy atom. The van der Waals surface area contributed by atoms with Gasteiger partial charge in [-0.05, 0) is 44.0 Å². The topological polar surface area (TPSA) is 53.2 Å². The zero-order chi connectivity index (χ0) is 16.0. The Morgan fingerprint density at radius 2 is 1.88 bits per heavy atom. The van der Waals surface area contributed by atoms with Gasteiger partial charge in [0.25, 0.3) is 0 Å². The number of halogens is 5. The Kier molecular flexibility index (Phi) is 10.1. The molecule has 4 nitrogen and oxygen atoms in total. The van der Waals surface area contributed by atoms with Gasteiger partial charge in [0.1, 0.15) is 6.54 Å². The van der Waals surface area contributed by atoms with E-state index in [0.29, 0.717) is 18.0 Å². The van der Waals surface area contributed by atoms with Gasteiger partial charge in [0.2, 0.25) is 5.91 Å². The van der Waals surface area contributed by atoms with E-state index in [9.17, 15) is 18.0 Å². The van der Waals surface area contributed by atoms with Crippen LogP contribution in [0.2, 0.25) is 0 Å². The first kappa shape index (κ1) is 22.8. The van der Waals surface area contributed by atoms with Crippen molar-refractivity contribution in [1.29, 1.82) is 0 Å². The molecule has 1 aromatic carbocycles. The van der Waals surface area contributed by atoms with Crippen LogP contribution in [0, 0.1) is 5.92 Å². The normalized spacial score (nSPS) is 16.7. The van der Waals surface area contributed by atoms with Crippen molar-refractivity contribution in [2.75, 3.05) is 30.3 Å². The number of alkyl halides is 3. The summed E-state index contributed by atoms with van der Waals surface area (Å²) in [7, 11) is 0. The molecule has 1 aliphatic rings. The molecule has 1 heterocycles. The minimum atomic E-state index is -4.30. The lowest BCUT2D eigenvalue weighted by atomic mass is 10.0. The standard InChI is InChI=1S/C15H20F3N3O.2ClH/c16-15(17,18)10-20-12-3-1-2-4-13(12)21-14(22)6-5-11-7-8-19-9-11;;/h1-4,11,19-20H,5-10H2,(H,21,22);2*1H. The molecule has 2 rings (SSSR count). The summed E-state index contributed by atoms with van der Waals surface area (Å²) in [5.41, 5.74) is 0.650. The molecule has 0 aliphatic carbocycles. The molecule has 9 heteroatoms. The van der Waals surface area contributed by atoms with Crippen molar-refractivity contribution in [3.8, 4) is 0 Å². The first-order valence-electron chi connectivity index (χ1n) is 7.34. The SMILES string of the molecule is Cl.Cl.O=C(CCC1CCNC1)Nc1ccccc1NCC(F)(F)F. The van der Waals surface area contributed by atoms with Gasteiger partial charge in [-0.15, -0.1) is 24.8 Å². The first-order chi connectivity index (χ1) is 10.4. The average molecular weight is 388 g/mol. The minimum Gasteiger partial charge on any atom is -0.375 e. The van der Waals surface area contributed by atoms with E-state index in [1.165, 1.54) is 6.07 Å². The summed E-state index contributed by atoms with van der Waals surface area (Å²) < 4.78 is 36.8. The number of amides is 1. The van der Waals surface area contributed by atoms with Gasteiger partial charge in [-0.3, -0.25) is 4.79 Å². The summed E-state index contributed by atoms with van der Waals surface area (Å²) in [6.07, 6.45) is -2.07. The molecule has 138 valence electrons. The molecule has 0 saturated carbocycles. The van der Waals surface area contributed by atoms with Crippen LogP contribution in [-0.4, -0.2) is 31.7 Å². The maximum atomic E-state index is 12.3. The molecular formula is C15H22Cl2F3N3O. The Labute approximate surface area is 151 Å². The second kappa shape index (κ2) is 10.6. The number of carbonyl (C=O) groups excluding carboxylic acids is 1. The van der Waals surface area contributed by atoms with E-state index in [2.05, 4.69) is 16.0 Å². The van der Waals surface area contributed by atoms with E-state index in [0.717, 1.165) is 25.9 Å². The van der Waals surface area contributed by atoms with Gasteiger partial charge in [-0.2, -0.15) is 13.2 Å². The van der Waals surface area contributed by atoms with Crippen molar-refractivity contribution in [3.05, 3.63) is 24.3 Å². The number of benzene rings is 1. The van der Waals surface area contributed by atoms with Crippen LogP contribution in [0.5, 0.6) is 0 Å². The van der Waals surface area contributed by atoms with Gasteiger partial charge in [-0.1, -0.05) is 12.1 Å². The Bertz CT molecular complexity index is 509. The van der Waals surface area contributed by atoms with Crippen LogP contribution in [0.25, 0.3) is 0 Å². The second-order valence-corrected chi connectivity index (χ2v) is 5.46. The highest BCUT2D eigenvalue weighted by Gasteiger charge is 2.27. The Balaban J connectivity index is 0.00000264. The smallest absolute Gasteiger partial charge is 0.375 e. The van der Waals surface area contributed by atoms with Gasteiger partial charge < -0.3 is 16.0 Å². The number of hydrogen-bond acceptors (Lipinski definition) is 3. The van der Waals surface area contributed by atoms with Crippen LogP contribution in [0.15, 0.2) is 24.3 Å². The molecule has 3 N–H and O–H groups in total. The highest BCUT2D eigenvalue weighted by Crippen LogP contribution is 2.24. The first-order valence-corrected chi connectivity index (χ1v) is 7.34. The highest BCUT2D eigenvalue weighted by molar-refractivity contribution is 5.94. The van der Waals surface area contributed by atoms with E-state index in [1.54, 1.807) is 18.2 Å². The van der Waals surface area contributed by atoms with Gasteiger partial charge in [0, 0.05) is 6.42 Å². The summed E-state index contributed by atoms with van der Waals surface area (Å²) >= 11 is 0. The summed E-state index contributed by atoms with van der Waals surface area (Å²) in [6.45, 7) is 0.779. The van der Waals surface area contributed by atoms with Gasteiger partial charge in [-0.25, -0.2) is 0 Å². The van der Waals surface area contributed by atoms with Gasteiger partial charge in [0.15, 0.2) is 0 Å². The lowest BCUT2D eigenvalue weighted by Gasteiger charge is -2.15. The second-order valence-electron chi connectivity index (χ2n) is 5.46. The number of hydrogen-bond donors (Lipinski definition) is 3. The van der Waals surface area contributed by atoms with Crippen LogP contribution in [-0.2, 0) is 4.79 Å². The average Bonchev–Trinajstić information content (AvgIpc) is 2.97. The third-order valence-corrected chi connectivity index (χ3v) is 3.62. The molecule has 0 radical (unpaired) electrons. The third kappa shape index (κ3) is 8.08. The van der Waals surface area contributed by atoms with Crippen LogP contribution in [0.4, 0.5) is 24.5 Å². The van der Waals surface area contributed by atoms with Crippen molar-refractivity contribution in [3.63, 3.8) is 0 Å². The fraction of sp³-hybridized carbons (Fsp3) is 0.533. The number of anilines is 2. The summed E-state index contributed by atoms with van der Waals surface area (Å²) in [5, 5.41) is 8.23. The number of nitrogens with one attached hydrogen (secondary N) is 3. The third-order valence-electron chi connectivity index (χ3n) is 3.62. The number of rotatable bonds is 6. The maximum absolute atomic E-state index is 12.3. The highest BCUT2D eigenvalue weighted by atomic mass is 35.5. The summed E-state index contributed by atoms with van der Waals surface area (Å²) in [6, 6.07) is 6.41. The lowest BCUT2D eigenvalue weighted by Crippen LogP contribution is -2.22. The molecule has 1 unspecified atom stereocenters. The van der Waals surface area contributed by atoms with E-state index in [-0.39, 0.29) is 36.4 Å². The monoisotopic (exact) mass is 387 g/mol. The molecule has 1 aliphatic heterocycles. The van der Waals surface area contributed by atoms with Crippen molar-refractivity contribution >= 4 is 42.1 Å². The van der Waals surface area contributed by atoms with Crippen LogP contribution < -0.4 is 16.0 Å². The molecule has 0 bridgehead atoms. The van der Waals surface area contributed by atoms with Crippen molar-refractivity contribution in [1.82, 2.24) is 5.32 Å². The molecule has 1 fully saturated rings. The molecule has 24 heavy (non-hydrogen) atoms. The minimum absolute atomic E-state index is 0. The van der Waals surface area contributed by atoms with Crippen molar-refractivity contribution < 1.29 is 18.0 Å². The van der Waals surface area contributed by atoms with E-state index >= 15 is 0 Å². The largest absolute Gasteiger partial charge is 0.405 e. The van der Waals surface area contributed by atoms with Gasteiger partial charge in [0.05, 0.1) is 11.4 Å². The Morgan fingerprint density at radius 1 is 1.21 bits per heavy atom. The van der Waals surface area contributed by atoms with Crippen molar-refractivity contribution in [2.45, 2.75) is 25.4 Å². The van der Waals surface area contributed by atoms with E-state index < -0.39 is 12.7 Å². The molecule has 0 spiro atoms. The van der Waals surface area contributed by atoms with E-state index in [1.807, 2.05) is 0 Å². The zero-order valence-electron chi connectivity index (χ0n) is 13.0. The molecule has 0 aromatic heterocycles. The molecule has 1 saturated heterocycles. The Hall–Kier alpha value is -1.18. The van der Waals surface area contributed by atoms with Crippen molar-refractivity contribution in [2.24, 2.45) is 5.92 Å². The number of para-hydroxylation sites is 2. The predicted molar refractivity (Wildman–Crippen MR) is 94.3 cm³/mol. The maximum Gasteiger partial charge on any atom is 0.405 e. The predicted octanol–water partition coefficient (Wildman–Crippen LogP) is 3.83. The fourth-order valence-electron chi connectivity index (χ4n) is 2.45. The van der Waals surface area contributed by atoms with Crippen LogP contribution in [0.3, 0.4) is 0 Å². The zero-order valence-corrected chi connectivity index (χ0v) is 14.6. The quantitative estimate of drug-likeness (QED) is 0.694. The summed E-state index contributed by atoms with van der Waals surface area (Å²) in [4.78, 5) is 11.9. The lowest BCUT2D eigenvalue weighted by molar-refractivity contribution is -0.116. The fourth-order valence-corrected chi connectivity index (χ4v) is 2.45. The number of carbonyl (C=O) groups is 1. The molecule has 1 amide bonds. The van der Waals surface area contributed by atoms with Crippen LogP contribution in [0.1, 0.15) is 19.3 Å². The molecule has 1 aromatic rings. The van der Waals surface area contributed by atoms with Gasteiger partial charge >= 0.3 is 6.18 Å².